The number of piperazine rings is 1. The van der Waals surface area contributed by atoms with Crippen molar-refractivity contribution in [3.63, 3.8) is 0 Å². The predicted molar refractivity (Wildman–Crippen MR) is 158 cm³/mol. The van der Waals surface area contributed by atoms with Crippen LogP contribution in [0, 0.1) is 0 Å². The highest BCUT2D eigenvalue weighted by Crippen LogP contribution is 2.40. The van der Waals surface area contributed by atoms with Gasteiger partial charge in [0.05, 0.1) is 5.52 Å². The summed E-state index contributed by atoms with van der Waals surface area (Å²) in [7, 11) is 1.79. The van der Waals surface area contributed by atoms with Crippen molar-refractivity contribution in [1.82, 2.24) is 34.6 Å². The van der Waals surface area contributed by atoms with Crippen LogP contribution in [0.3, 0.4) is 0 Å². The first-order chi connectivity index (χ1) is 20.1. The van der Waals surface area contributed by atoms with Crippen LogP contribution >= 0.6 is 0 Å². The zero-order valence-corrected chi connectivity index (χ0v) is 22.9. The lowest BCUT2D eigenvalue weighted by Crippen LogP contribution is -2.68. The van der Waals surface area contributed by atoms with Crippen LogP contribution < -0.4 is 15.8 Å². The molecule has 4 aromatic heterocycles. The van der Waals surface area contributed by atoms with Crippen LogP contribution in [0.2, 0.25) is 0 Å². The highest BCUT2D eigenvalue weighted by molar-refractivity contribution is 5.92. The van der Waals surface area contributed by atoms with Gasteiger partial charge in [0, 0.05) is 85.9 Å². The number of rotatable bonds is 7. The van der Waals surface area contributed by atoms with Crippen LogP contribution in [-0.4, -0.2) is 59.8 Å². The lowest BCUT2D eigenvalue weighted by molar-refractivity contribution is -0.00873. The Balaban J connectivity index is 0.997. The minimum atomic E-state index is 0.0428. The monoisotopic (exact) mass is 545 g/mol. The maximum atomic E-state index is 12.0. The fourth-order valence-corrected chi connectivity index (χ4v) is 6.16. The summed E-state index contributed by atoms with van der Waals surface area (Å²) in [6, 6.07) is 19.0. The van der Waals surface area contributed by atoms with Gasteiger partial charge in [-0.25, -0.2) is 15.0 Å². The minimum Gasteiger partial charge on any atom is -0.353 e. The van der Waals surface area contributed by atoms with Crippen LogP contribution in [-0.2, 0) is 13.6 Å². The van der Waals surface area contributed by atoms with Gasteiger partial charge in [-0.2, -0.15) is 5.10 Å². The predicted octanol–water partition coefficient (Wildman–Crippen LogP) is 4.20. The van der Waals surface area contributed by atoms with Crippen LogP contribution in [0.5, 0.6) is 0 Å². The number of aryl methyl sites for hydroxylation is 1. The number of para-hydroxylation sites is 1. The summed E-state index contributed by atoms with van der Waals surface area (Å²) in [5.74, 6) is 3.71. The van der Waals surface area contributed by atoms with Gasteiger partial charge in [-0.1, -0.05) is 12.1 Å². The Morgan fingerprint density at radius 3 is 2.66 bits per heavy atom. The quantitative estimate of drug-likeness (QED) is 0.313. The molecule has 4 fully saturated rings. The average molecular weight is 546 g/mol. The van der Waals surface area contributed by atoms with Crippen LogP contribution in [0.4, 0.5) is 17.5 Å². The van der Waals surface area contributed by atoms with Crippen molar-refractivity contribution in [3.8, 4) is 11.4 Å². The Bertz CT molecular complexity index is 1790. The Labute approximate surface area is 237 Å². The molecule has 2 bridgehead atoms. The molecule has 2 atom stereocenters. The van der Waals surface area contributed by atoms with E-state index >= 15 is 0 Å². The van der Waals surface area contributed by atoms with E-state index in [1.807, 2.05) is 42.7 Å². The van der Waals surface area contributed by atoms with Crippen molar-refractivity contribution in [3.05, 3.63) is 88.6 Å². The molecule has 3 aliphatic heterocycles. The van der Waals surface area contributed by atoms with Crippen molar-refractivity contribution in [1.29, 1.82) is 0 Å². The van der Waals surface area contributed by atoms with E-state index in [0.29, 0.717) is 23.8 Å². The van der Waals surface area contributed by atoms with E-state index in [1.165, 1.54) is 25.0 Å². The Morgan fingerprint density at radius 2 is 1.88 bits per heavy atom. The van der Waals surface area contributed by atoms with Gasteiger partial charge in [0.15, 0.2) is 11.6 Å². The highest BCUT2D eigenvalue weighted by Gasteiger charge is 2.44. The van der Waals surface area contributed by atoms with Gasteiger partial charge in [0.1, 0.15) is 11.6 Å². The molecule has 10 heteroatoms. The third-order valence-corrected chi connectivity index (χ3v) is 8.67. The van der Waals surface area contributed by atoms with Crippen molar-refractivity contribution in [2.45, 2.75) is 43.8 Å². The SMILES string of the molecule is Cn1ccc(CN2C3CC2CN(c2ccc(-c4nc(Nc5cc(C6CC6)[nH]n5)c5ccccc5n4)cn2)C3)cc1=O. The molecule has 1 saturated carbocycles. The fraction of sp³-hybridized carbons (Fsp3) is 0.323. The number of benzene rings is 1. The number of nitrogens with one attached hydrogen (secondary N) is 2. The minimum absolute atomic E-state index is 0.0428. The van der Waals surface area contributed by atoms with Crippen molar-refractivity contribution in [2.75, 3.05) is 23.3 Å². The zero-order chi connectivity index (χ0) is 27.5. The number of fused-ring (bicyclic) bond motifs is 3. The van der Waals surface area contributed by atoms with Crippen LogP contribution in [0.25, 0.3) is 22.3 Å². The molecule has 1 aromatic carbocycles. The molecule has 0 radical (unpaired) electrons. The van der Waals surface area contributed by atoms with Gasteiger partial charge < -0.3 is 14.8 Å². The van der Waals surface area contributed by atoms with E-state index < -0.39 is 0 Å². The van der Waals surface area contributed by atoms with Gasteiger partial charge in [0.2, 0.25) is 0 Å². The molecule has 1 aliphatic carbocycles. The molecular weight excluding hydrogens is 514 g/mol. The molecule has 206 valence electrons. The second-order valence-electron chi connectivity index (χ2n) is 11.5. The molecular formula is C31H31N9O. The highest BCUT2D eigenvalue weighted by atomic mass is 16.1. The van der Waals surface area contributed by atoms with Crippen molar-refractivity contribution < 1.29 is 0 Å². The fourth-order valence-electron chi connectivity index (χ4n) is 6.16. The summed E-state index contributed by atoms with van der Waals surface area (Å²) in [5, 5.41) is 12.0. The van der Waals surface area contributed by atoms with Gasteiger partial charge >= 0.3 is 0 Å². The second kappa shape index (κ2) is 9.52. The molecule has 0 amide bonds. The summed E-state index contributed by atoms with van der Waals surface area (Å²) in [6.07, 6.45) is 7.36. The molecule has 5 aromatic rings. The normalized spacial score (nSPS) is 20.3. The summed E-state index contributed by atoms with van der Waals surface area (Å²) in [5.41, 5.74) is 4.04. The third kappa shape index (κ3) is 4.54. The molecule has 3 saturated heterocycles. The average Bonchev–Trinajstić information content (AvgIpc) is 3.76. The smallest absolute Gasteiger partial charge is 0.250 e. The molecule has 4 aliphatic rings. The molecule has 9 rings (SSSR count). The molecule has 10 nitrogen and oxygen atoms in total. The Kier molecular flexibility index (Phi) is 5.63. The van der Waals surface area contributed by atoms with E-state index in [4.69, 9.17) is 15.0 Å². The van der Waals surface area contributed by atoms with E-state index in [1.54, 1.807) is 17.7 Å². The number of nitrogens with zero attached hydrogens (tertiary/aromatic N) is 7. The number of hydrogen-bond acceptors (Lipinski definition) is 8. The molecule has 7 heterocycles. The second-order valence-corrected chi connectivity index (χ2v) is 11.5. The Hall–Kier alpha value is -4.57. The maximum Gasteiger partial charge on any atom is 0.250 e. The molecule has 41 heavy (non-hydrogen) atoms. The third-order valence-electron chi connectivity index (χ3n) is 8.67. The number of aromatic nitrogens is 6. The number of pyridine rings is 2. The lowest BCUT2D eigenvalue weighted by Gasteiger charge is -2.56. The number of piperidine rings is 1. The summed E-state index contributed by atoms with van der Waals surface area (Å²) >= 11 is 0. The Morgan fingerprint density at radius 1 is 1.02 bits per heavy atom. The lowest BCUT2D eigenvalue weighted by atomic mass is 9.87. The van der Waals surface area contributed by atoms with Crippen LogP contribution in [0.15, 0.2) is 71.8 Å². The van der Waals surface area contributed by atoms with Gasteiger partial charge in [-0.3, -0.25) is 14.8 Å². The van der Waals surface area contributed by atoms with E-state index in [0.717, 1.165) is 59.1 Å². The first-order valence-corrected chi connectivity index (χ1v) is 14.3. The van der Waals surface area contributed by atoms with Crippen LogP contribution in [0.1, 0.15) is 36.4 Å². The van der Waals surface area contributed by atoms with E-state index in [2.05, 4.69) is 43.5 Å². The van der Waals surface area contributed by atoms with Crippen molar-refractivity contribution in [2.24, 2.45) is 7.05 Å². The molecule has 2 N–H and O–H groups in total. The summed E-state index contributed by atoms with van der Waals surface area (Å²) in [6.45, 7) is 2.68. The first-order valence-electron chi connectivity index (χ1n) is 14.3. The van der Waals surface area contributed by atoms with Gasteiger partial charge in [0.25, 0.3) is 5.56 Å². The topological polar surface area (TPSA) is 108 Å². The number of anilines is 3. The zero-order valence-electron chi connectivity index (χ0n) is 22.9. The first kappa shape index (κ1) is 24.2. The number of H-pyrrole nitrogens is 1. The maximum absolute atomic E-state index is 12.0. The van der Waals surface area contributed by atoms with E-state index in [9.17, 15) is 4.79 Å². The summed E-state index contributed by atoms with van der Waals surface area (Å²) in [4.78, 5) is 31.5. The van der Waals surface area contributed by atoms with E-state index in [-0.39, 0.29) is 5.56 Å². The standard InChI is InChI=1S/C31H31N9O/c1-38-11-10-19(12-29(38)41)16-40-22-13-23(40)18-39(17-22)28-9-8-21(15-32-28)30-33-25-5-3-2-4-24(25)31(35-30)34-27-14-26(36-37-27)20-6-7-20/h2-5,8-12,14-15,20,22-23H,6-7,13,16-18H2,1H3,(H2,33,34,35,36,37). The molecule has 2 unspecified atom stereocenters. The van der Waals surface area contributed by atoms with Gasteiger partial charge in [-0.15, -0.1) is 0 Å². The molecule has 0 spiro atoms. The largest absolute Gasteiger partial charge is 0.353 e. The van der Waals surface area contributed by atoms with Crippen molar-refractivity contribution >= 4 is 28.4 Å². The number of aromatic amines is 1. The number of hydrogen-bond donors (Lipinski definition) is 2. The summed E-state index contributed by atoms with van der Waals surface area (Å²) < 4.78 is 1.61. The van der Waals surface area contributed by atoms with Gasteiger partial charge in [-0.05, 0) is 55.2 Å².